The molecule has 3 rings (SSSR count). The normalized spacial score (nSPS) is 11.0. The molecule has 7 heteroatoms. The summed E-state index contributed by atoms with van der Waals surface area (Å²) in [4.78, 5) is 31.1. The molecule has 23 heavy (non-hydrogen) atoms. The zero-order chi connectivity index (χ0) is 16.6. The molecule has 0 atom stereocenters. The lowest BCUT2D eigenvalue weighted by Crippen LogP contribution is -2.24. The van der Waals surface area contributed by atoms with Crippen LogP contribution in [0.2, 0.25) is 5.02 Å². The van der Waals surface area contributed by atoms with Crippen molar-refractivity contribution >= 4 is 28.6 Å². The van der Waals surface area contributed by atoms with Crippen molar-refractivity contribution in [2.24, 2.45) is 0 Å². The van der Waals surface area contributed by atoms with Gasteiger partial charge in [-0.2, -0.15) is 0 Å². The summed E-state index contributed by atoms with van der Waals surface area (Å²) >= 11 is 6.02. The van der Waals surface area contributed by atoms with Gasteiger partial charge in [-0.05, 0) is 25.1 Å². The Morgan fingerprint density at radius 3 is 2.87 bits per heavy atom. The molecule has 3 aromatic rings. The van der Waals surface area contributed by atoms with E-state index in [1.165, 1.54) is 4.57 Å². The maximum atomic E-state index is 12.7. The summed E-state index contributed by atoms with van der Waals surface area (Å²) in [5, 5.41) is 9.89. The van der Waals surface area contributed by atoms with Crippen LogP contribution in [0.5, 0.6) is 0 Å². The van der Waals surface area contributed by atoms with Gasteiger partial charge in [-0.3, -0.25) is 14.2 Å². The van der Waals surface area contributed by atoms with Crippen LogP contribution in [0.1, 0.15) is 12.1 Å². The van der Waals surface area contributed by atoms with Gasteiger partial charge >= 0.3 is 5.97 Å². The number of aryl methyl sites for hydroxylation is 1. The van der Waals surface area contributed by atoms with Gasteiger partial charge in [-0.15, -0.1) is 0 Å². The van der Waals surface area contributed by atoms with Crippen molar-refractivity contribution in [2.75, 3.05) is 0 Å². The fourth-order valence-corrected chi connectivity index (χ4v) is 2.69. The Balaban J connectivity index is 2.26. The first-order chi connectivity index (χ1) is 11.0. The van der Waals surface area contributed by atoms with Crippen LogP contribution in [-0.2, 0) is 11.3 Å². The largest absolute Gasteiger partial charge is 0.481 e. The number of benzene rings is 1. The van der Waals surface area contributed by atoms with Crippen LogP contribution >= 0.6 is 11.6 Å². The maximum Gasteiger partial charge on any atom is 0.305 e. The van der Waals surface area contributed by atoms with Gasteiger partial charge in [-0.1, -0.05) is 23.7 Å². The number of carboxylic acids is 1. The lowest BCUT2D eigenvalue weighted by Gasteiger charge is -2.11. The number of halogens is 1. The highest BCUT2D eigenvalue weighted by atomic mass is 35.5. The molecule has 118 valence electrons. The summed E-state index contributed by atoms with van der Waals surface area (Å²) in [6, 6.07) is 8.68. The Kier molecular flexibility index (Phi) is 3.92. The average molecular weight is 332 g/mol. The average Bonchev–Trinajstić information content (AvgIpc) is 2.87. The van der Waals surface area contributed by atoms with Gasteiger partial charge in [-0.25, -0.2) is 4.98 Å². The van der Waals surface area contributed by atoms with Crippen molar-refractivity contribution in [1.82, 2.24) is 14.5 Å². The van der Waals surface area contributed by atoms with Gasteiger partial charge in [0, 0.05) is 22.8 Å². The standard InChI is InChI=1S/C16H14ClN3O3/c1-9-7-12-14(18-9)19-15(10-3-2-4-11(17)8-10)20(16(12)23)6-5-13(21)22/h2-4,7-8,18H,5-6H2,1H3,(H,21,22). The number of H-pyrrole nitrogens is 1. The highest BCUT2D eigenvalue weighted by Gasteiger charge is 2.15. The minimum atomic E-state index is -0.973. The second kappa shape index (κ2) is 5.89. The summed E-state index contributed by atoms with van der Waals surface area (Å²) in [6.07, 6.45) is -0.163. The van der Waals surface area contributed by atoms with E-state index in [1.807, 2.05) is 6.92 Å². The predicted molar refractivity (Wildman–Crippen MR) is 87.8 cm³/mol. The molecule has 0 saturated heterocycles. The highest BCUT2D eigenvalue weighted by Crippen LogP contribution is 2.22. The summed E-state index contributed by atoms with van der Waals surface area (Å²) < 4.78 is 1.38. The van der Waals surface area contributed by atoms with Crippen molar-refractivity contribution in [3.63, 3.8) is 0 Å². The number of carbonyl (C=O) groups is 1. The Hall–Kier alpha value is -2.60. The van der Waals surface area contributed by atoms with Crippen LogP contribution in [0.15, 0.2) is 35.1 Å². The van der Waals surface area contributed by atoms with Crippen LogP contribution in [0.3, 0.4) is 0 Å². The number of nitrogens with one attached hydrogen (secondary N) is 1. The van der Waals surface area contributed by atoms with Gasteiger partial charge in [0.05, 0.1) is 11.8 Å². The number of rotatable bonds is 4. The molecule has 0 spiro atoms. The zero-order valence-corrected chi connectivity index (χ0v) is 13.1. The van der Waals surface area contributed by atoms with Crippen molar-refractivity contribution in [3.05, 3.63) is 51.4 Å². The zero-order valence-electron chi connectivity index (χ0n) is 12.3. The van der Waals surface area contributed by atoms with E-state index in [9.17, 15) is 9.59 Å². The highest BCUT2D eigenvalue weighted by molar-refractivity contribution is 6.30. The predicted octanol–water partition coefficient (Wildman–Crippen LogP) is 2.83. The molecule has 2 aromatic heterocycles. The second-order valence-corrected chi connectivity index (χ2v) is 5.70. The van der Waals surface area contributed by atoms with Crippen LogP contribution in [-0.4, -0.2) is 25.6 Å². The smallest absolute Gasteiger partial charge is 0.305 e. The SMILES string of the molecule is Cc1cc2c(=O)n(CCC(=O)O)c(-c3cccc(Cl)c3)nc2[nH]1. The summed E-state index contributed by atoms with van der Waals surface area (Å²) in [7, 11) is 0. The van der Waals surface area contributed by atoms with Gasteiger partial charge in [0.25, 0.3) is 5.56 Å². The number of hydrogen-bond acceptors (Lipinski definition) is 3. The van der Waals surface area contributed by atoms with Crippen LogP contribution in [0.25, 0.3) is 22.4 Å². The fourth-order valence-electron chi connectivity index (χ4n) is 2.50. The monoisotopic (exact) mass is 331 g/mol. The Bertz CT molecular complexity index is 959. The van der Waals surface area contributed by atoms with Crippen molar-refractivity contribution < 1.29 is 9.90 Å². The van der Waals surface area contributed by atoms with Gasteiger partial charge in [0.1, 0.15) is 11.5 Å². The molecule has 0 aliphatic heterocycles. The van der Waals surface area contributed by atoms with E-state index in [-0.39, 0.29) is 18.5 Å². The molecule has 0 aliphatic rings. The fraction of sp³-hybridized carbons (Fsp3) is 0.188. The number of hydrogen-bond donors (Lipinski definition) is 2. The van der Waals surface area contributed by atoms with Crippen LogP contribution < -0.4 is 5.56 Å². The van der Waals surface area contributed by atoms with Crippen molar-refractivity contribution in [3.8, 4) is 11.4 Å². The van der Waals surface area contributed by atoms with E-state index in [0.29, 0.717) is 27.4 Å². The molecule has 0 unspecified atom stereocenters. The summed E-state index contributed by atoms with van der Waals surface area (Å²) in [5.74, 6) is -0.576. The maximum absolute atomic E-state index is 12.7. The number of carboxylic acid groups (broad SMARTS) is 1. The molecule has 2 heterocycles. The molecule has 0 saturated carbocycles. The first kappa shape index (κ1) is 15.3. The number of aromatic nitrogens is 3. The number of nitrogens with zero attached hydrogens (tertiary/aromatic N) is 2. The number of aromatic amines is 1. The third-order valence-electron chi connectivity index (χ3n) is 3.51. The Morgan fingerprint density at radius 1 is 1.39 bits per heavy atom. The molecule has 0 fully saturated rings. The van der Waals surface area contributed by atoms with Gasteiger partial charge in [0.2, 0.25) is 0 Å². The van der Waals surface area contributed by atoms with Crippen LogP contribution in [0.4, 0.5) is 0 Å². The Morgan fingerprint density at radius 2 is 2.17 bits per heavy atom. The summed E-state index contributed by atoms with van der Waals surface area (Å²) in [6.45, 7) is 1.88. The van der Waals surface area contributed by atoms with Crippen molar-refractivity contribution in [1.29, 1.82) is 0 Å². The minimum Gasteiger partial charge on any atom is -0.481 e. The molecule has 0 aliphatic carbocycles. The van der Waals surface area contributed by atoms with E-state index in [4.69, 9.17) is 16.7 Å². The van der Waals surface area contributed by atoms with Crippen molar-refractivity contribution in [2.45, 2.75) is 19.9 Å². The van der Waals surface area contributed by atoms with E-state index in [1.54, 1.807) is 30.3 Å². The molecule has 0 amide bonds. The quantitative estimate of drug-likeness (QED) is 0.769. The second-order valence-electron chi connectivity index (χ2n) is 5.26. The van der Waals surface area contributed by atoms with E-state index in [2.05, 4.69) is 9.97 Å². The first-order valence-electron chi connectivity index (χ1n) is 7.03. The van der Waals surface area contributed by atoms with E-state index >= 15 is 0 Å². The molecule has 1 aromatic carbocycles. The molecule has 2 N–H and O–H groups in total. The third-order valence-corrected chi connectivity index (χ3v) is 3.75. The van der Waals surface area contributed by atoms with E-state index < -0.39 is 5.97 Å². The lowest BCUT2D eigenvalue weighted by molar-refractivity contribution is -0.137. The Labute approximate surface area is 136 Å². The third kappa shape index (κ3) is 2.98. The molecular weight excluding hydrogens is 318 g/mol. The number of aliphatic carboxylic acids is 1. The molecular formula is C16H14ClN3O3. The molecule has 0 radical (unpaired) electrons. The molecule has 0 bridgehead atoms. The summed E-state index contributed by atoms with van der Waals surface area (Å²) in [5.41, 5.74) is 1.69. The van der Waals surface area contributed by atoms with Gasteiger partial charge in [0.15, 0.2) is 0 Å². The van der Waals surface area contributed by atoms with E-state index in [0.717, 1.165) is 5.69 Å². The van der Waals surface area contributed by atoms with Crippen LogP contribution in [0, 0.1) is 6.92 Å². The van der Waals surface area contributed by atoms with Gasteiger partial charge < -0.3 is 10.1 Å². The number of fused-ring (bicyclic) bond motifs is 1. The topological polar surface area (TPSA) is 88.0 Å². The lowest BCUT2D eigenvalue weighted by atomic mass is 10.2. The minimum absolute atomic E-state index is 0.0448. The first-order valence-corrected chi connectivity index (χ1v) is 7.41. The molecule has 6 nitrogen and oxygen atoms in total.